The van der Waals surface area contributed by atoms with Gasteiger partial charge >= 0.3 is 0 Å². The number of carbonyl (C=O) groups is 1. The van der Waals surface area contributed by atoms with Gasteiger partial charge in [-0.3, -0.25) is 10.1 Å². The highest BCUT2D eigenvalue weighted by Crippen LogP contribution is 2.28. The molecule has 2 aromatic heterocycles. The largest absolute Gasteiger partial charge is 0.399 e. The van der Waals surface area contributed by atoms with Crippen LogP contribution in [0.15, 0.2) is 30.3 Å². The molecule has 0 saturated heterocycles. The number of hydrogen-bond donors (Lipinski definition) is 2. The van der Waals surface area contributed by atoms with E-state index in [0.29, 0.717) is 15.7 Å². The fourth-order valence-electron chi connectivity index (χ4n) is 1.84. The standard InChI is InChI=1S/C14H13N3OS2/c1-2-9-4-6-11(19-9)13(18)17-14-16-10-5-3-8(15)7-12(10)20-14/h3-7H,2,15H2,1H3,(H,16,17,18). The minimum absolute atomic E-state index is 0.110. The molecule has 0 aliphatic carbocycles. The summed E-state index contributed by atoms with van der Waals surface area (Å²) in [5.41, 5.74) is 7.28. The topological polar surface area (TPSA) is 68.0 Å². The van der Waals surface area contributed by atoms with Crippen molar-refractivity contribution in [1.82, 2.24) is 4.98 Å². The summed E-state index contributed by atoms with van der Waals surface area (Å²) >= 11 is 2.94. The Kier molecular flexibility index (Phi) is 3.42. The zero-order chi connectivity index (χ0) is 14.1. The SMILES string of the molecule is CCc1ccc(C(=O)Nc2nc3ccc(N)cc3s2)s1. The number of nitrogens with two attached hydrogens (primary N) is 1. The van der Waals surface area contributed by atoms with E-state index in [9.17, 15) is 4.79 Å². The number of fused-ring (bicyclic) bond motifs is 1. The summed E-state index contributed by atoms with van der Waals surface area (Å²) < 4.78 is 0.973. The van der Waals surface area contributed by atoms with E-state index in [-0.39, 0.29) is 5.91 Å². The van der Waals surface area contributed by atoms with Gasteiger partial charge in [-0.15, -0.1) is 11.3 Å². The second kappa shape index (κ2) is 5.22. The van der Waals surface area contributed by atoms with Crippen molar-refractivity contribution in [2.75, 3.05) is 11.1 Å². The Balaban J connectivity index is 1.83. The smallest absolute Gasteiger partial charge is 0.267 e. The number of rotatable bonds is 3. The van der Waals surface area contributed by atoms with Crippen LogP contribution in [-0.2, 0) is 6.42 Å². The van der Waals surface area contributed by atoms with Gasteiger partial charge in [-0.2, -0.15) is 0 Å². The van der Waals surface area contributed by atoms with Gasteiger partial charge in [0.2, 0.25) is 0 Å². The van der Waals surface area contributed by atoms with Crippen molar-refractivity contribution in [2.24, 2.45) is 0 Å². The number of nitrogens with zero attached hydrogens (tertiary/aromatic N) is 1. The molecule has 3 aromatic rings. The number of nitrogen functional groups attached to an aromatic ring is 1. The Hall–Kier alpha value is -1.92. The maximum atomic E-state index is 12.1. The highest BCUT2D eigenvalue weighted by atomic mass is 32.1. The zero-order valence-electron chi connectivity index (χ0n) is 10.8. The van der Waals surface area contributed by atoms with Crippen LogP contribution in [-0.4, -0.2) is 10.9 Å². The van der Waals surface area contributed by atoms with Crippen LogP contribution in [0, 0.1) is 0 Å². The molecule has 0 bridgehead atoms. The molecule has 1 amide bonds. The summed E-state index contributed by atoms with van der Waals surface area (Å²) in [7, 11) is 0. The van der Waals surface area contributed by atoms with Crippen molar-refractivity contribution in [1.29, 1.82) is 0 Å². The van der Waals surface area contributed by atoms with Crippen LogP contribution in [0.2, 0.25) is 0 Å². The van der Waals surface area contributed by atoms with Gasteiger partial charge in [0.15, 0.2) is 5.13 Å². The Morgan fingerprint density at radius 3 is 2.90 bits per heavy atom. The summed E-state index contributed by atoms with van der Waals surface area (Å²) in [5.74, 6) is -0.110. The van der Waals surface area contributed by atoms with Crippen LogP contribution in [0.1, 0.15) is 21.5 Å². The predicted molar refractivity (Wildman–Crippen MR) is 85.7 cm³/mol. The summed E-state index contributed by atoms with van der Waals surface area (Å²) in [4.78, 5) is 18.4. The highest BCUT2D eigenvalue weighted by Gasteiger charge is 2.12. The summed E-state index contributed by atoms with van der Waals surface area (Å²) in [6.45, 7) is 2.07. The number of aryl methyl sites for hydroxylation is 1. The Labute approximate surface area is 124 Å². The molecule has 20 heavy (non-hydrogen) atoms. The third-order valence-electron chi connectivity index (χ3n) is 2.87. The Bertz CT molecular complexity index is 776. The van der Waals surface area contributed by atoms with Crippen molar-refractivity contribution in [3.63, 3.8) is 0 Å². The molecular formula is C14H13N3OS2. The van der Waals surface area contributed by atoms with E-state index in [0.717, 1.165) is 16.6 Å². The first-order valence-corrected chi connectivity index (χ1v) is 7.85. The molecule has 0 fully saturated rings. The average Bonchev–Trinajstić information content (AvgIpc) is 3.03. The summed E-state index contributed by atoms with van der Waals surface area (Å²) in [6, 6.07) is 9.36. The molecule has 0 aliphatic heterocycles. The number of hydrogen-bond acceptors (Lipinski definition) is 5. The lowest BCUT2D eigenvalue weighted by Crippen LogP contribution is -2.09. The maximum Gasteiger partial charge on any atom is 0.267 e. The first kappa shape index (κ1) is 13.1. The monoisotopic (exact) mass is 303 g/mol. The van der Waals surface area contributed by atoms with Gasteiger partial charge in [0.1, 0.15) is 0 Å². The van der Waals surface area contributed by atoms with Gasteiger partial charge in [-0.05, 0) is 36.8 Å². The minimum Gasteiger partial charge on any atom is -0.399 e. The molecule has 4 nitrogen and oxygen atoms in total. The predicted octanol–water partition coefficient (Wildman–Crippen LogP) is 3.75. The second-order valence-corrected chi connectivity index (χ2v) is 6.52. The van der Waals surface area contributed by atoms with E-state index in [1.54, 1.807) is 6.07 Å². The lowest BCUT2D eigenvalue weighted by Gasteiger charge is -1.97. The molecule has 0 saturated carbocycles. The van der Waals surface area contributed by atoms with Gasteiger partial charge in [-0.25, -0.2) is 4.98 Å². The van der Waals surface area contributed by atoms with Crippen molar-refractivity contribution in [3.8, 4) is 0 Å². The number of benzene rings is 1. The molecule has 2 heterocycles. The minimum atomic E-state index is -0.110. The molecule has 0 atom stereocenters. The first-order valence-electron chi connectivity index (χ1n) is 6.22. The van der Waals surface area contributed by atoms with Gasteiger partial charge in [0.05, 0.1) is 15.1 Å². The fraction of sp³-hybridized carbons (Fsp3) is 0.143. The highest BCUT2D eigenvalue weighted by molar-refractivity contribution is 7.22. The number of thiazole rings is 1. The molecule has 102 valence electrons. The van der Waals surface area contributed by atoms with Gasteiger partial charge in [0, 0.05) is 10.6 Å². The molecular weight excluding hydrogens is 290 g/mol. The van der Waals surface area contributed by atoms with Crippen LogP contribution in [0.4, 0.5) is 10.8 Å². The van der Waals surface area contributed by atoms with Crippen molar-refractivity contribution >= 4 is 49.6 Å². The lowest BCUT2D eigenvalue weighted by atomic mass is 10.3. The Morgan fingerprint density at radius 2 is 2.15 bits per heavy atom. The number of amides is 1. The first-order chi connectivity index (χ1) is 9.65. The number of carbonyl (C=O) groups excluding carboxylic acids is 1. The molecule has 3 rings (SSSR count). The van der Waals surface area contributed by atoms with Crippen molar-refractivity contribution in [3.05, 3.63) is 40.1 Å². The van der Waals surface area contributed by atoms with E-state index in [4.69, 9.17) is 5.73 Å². The van der Waals surface area contributed by atoms with E-state index < -0.39 is 0 Å². The van der Waals surface area contributed by atoms with Gasteiger partial charge in [-0.1, -0.05) is 18.3 Å². The second-order valence-electron chi connectivity index (χ2n) is 4.32. The van der Waals surface area contributed by atoms with Gasteiger partial charge < -0.3 is 5.73 Å². The fourth-order valence-corrected chi connectivity index (χ4v) is 3.60. The maximum absolute atomic E-state index is 12.1. The number of nitrogens with one attached hydrogen (secondary N) is 1. The van der Waals surface area contributed by atoms with Crippen LogP contribution >= 0.6 is 22.7 Å². The van der Waals surface area contributed by atoms with Crippen LogP contribution in [0.5, 0.6) is 0 Å². The third kappa shape index (κ3) is 2.52. The lowest BCUT2D eigenvalue weighted by molar-refractivity contribution is 0.103. The molecule has 1 aromatic carbocycles. The van der Waals surface area contributed by atoms with E-state index in [2.05, 4.69) is 17.2 Å². The zero-order valence-corrected chi connectivity index (χ0v) is 12.5. The van der Waals surface area contributed by atoms with Crippen LogP contribution < -0.4 is 11.1 Å². The molecule has 0 aliphatic rings. The quantitative estimate of drug-likeness (QED) is 0.724. The van der Waals surface area contributed by atoms with Crippen LogP contribution in [0.25, 0.3) is 10.2 Å². The van der Waals surface area contributed by atoms with E-state index >= 15 is 0 Å². The number of thiophene rings is 1. The Morgan fingerprint density at radius 1 is 1.30 bits per heavy atom. The third-order valence-corrected chi connectivity index (χ3v) is 5.03. The molecule has 3 N–H and O–H groups in total. The van der Waals surface area contributed by atoms with Crippen molar-refractivity contribution in [2.45, 2.75) is 13.3 Å². The normalized spacial score (nSPS) is 10.8. The van der Waals surface area contributed by atoms with E-state index in [1.165, 1.54) is 27.6 Å². The average molecular weight is 303 g/mol. The van der Waals surface area contributed by atoms with Crippen LogP contribution in [0.3, 0.4) is 0 Å². The van der Waals surface area contributed by atoms with Crippen molar-refractivity contribution < 1.29 is 4.79 Å². The molecule has 6 heteroatoms. The van der Waals surface area contributed by atoms with E-state index in [1.807, 2.05) is 24.3 Å². The summed E-state index contributed by atoms with van der Waals surface area (Å²) in [5, 5.41) is 3.44. The molecule has 0 spiro atoms. The molecule has 0 unspecified atom stereocenters. The number of anilines is 2. The number of aromatic nitrogens is 1. The van der Waals surface area contributed by atoms with Gasteiger partial charge in [0.25, 0.3) is 5.91 Å². The molecule has 0 radical (unpaired) electrons. The summed E-state index contributed by atoms with van der Waals surface area (Å²) in [6.07, 6.45) is 0.943.